The number of aromatic nitrogens is 4. The summed E-state index contributed by atoms with van der Waals surface area (Å²) in [6.07, 6.45) is -4.36. The number of alkyl halides is 3. The second-order valence-electron chi connectivity index (χ2n) is 5.91. The van der Waals surface area contributed by atoms with Gasteiger partial charge in [0.25, 0.3) is 0 Å². The smallest absolute Gasteiger partial charge is 0.285 e. The number of fused-ring (bicyclic) bond motifs is 1. The number of rotatable bonds is 4. The van der Waals surface area contributed by atoms with Gasteiger partial charge in [0.15, 0.2) is 10.8 Å². The number of hydrogen-bond acceptors (Lipinski definition) is 4. The molecular weight excluding hydrogens is 389 g/mol. The molecule has 0 amide bonds. The zero-order valence-electron chi connectivity index (χ0n) is 13.8. The summed E-state index contributed by atoms with van der Waals surface area (Å²) in [5.41, 5.74) is 1.55. The average Bonchev–Trinajstić information content (AvgIpc) is 2.93. The van der Waals surface area contributed by atoms with Gasteiger partial charge in [-0.3, -0.25) is 4.98 Å². The molecule has 0 aliphatic rings. The molecule has 5 nitrogen and oxygen atoms in total. The third-order valence-corrected chi connectivity index (χ3v) is 4.74. The van der Waals surface area contributed by atoms with Crippen LogP contribution in [0.25, 0.3) is 16.8 Å². The molecule has 0 fully saturated rings. The lowest BCUT2D eigenvalue weighted by Crippen LogP contribution is -2.20. The summed E-state index contributed by atoms with van der Waals surface area (Å²) in [7, 11) is 0. The zero-order chi connectivity index (χ0) is 19.1. The monoisotopic (exact) mass is 402 g/mol. The highest BCUT2D eigenvalue weighted by Gasteiger charge is 2.28. The Kier molecular flexibility index (Phi) is 5.03. The molecule has 138 valence electrons. The average molecular weight is 403 g/mol. The fourth-order valence-corrected chi connectivity index (χ4v) is 3.19. The first-order valence-electron chi connectivity index (χ1n) is 7.64. The molecule has 2 aromatic heterocycles. The van der Waals surface area contributed by atoms with Gasteiger partial charge >= 0.3 is 11.9 Å². The van der Waals surface area contributed by atoms with Crippen molar-refractivity contribution in [2.75, 3.05) is 5.75 Å². The standard InChI is InChI=1S/C16H14ClF3N4OS/c1-8(2)12-11(9-3-5-10(17)6-4-9)13-21-14(26-7-16(18,19)20)22-15(25)24(13)23-12/h3-6,8H,7H2,1-2H3,(H,21,22,25). The summed E-state index contributed by atoms with van der Waals surface area (Å²) in [6, 6.07) is 6.90. The van der Waals surface area contributed by atoms with Crippen molar-refractivity contribution >= 4 is 29.0 Å². The highest BCUT2D eigenvalue weighted by atomic mass is 35.5. The molecule has 2 heterocycles. The highest BCUT2D eigenvalue weighted by molar-refractivity contribution is 7.99. The largest absolute Gasteiger partial charge is 0.398 e. The number of H-pyrrole nitrogens is 1. The topological polar surface area (TPSA) is 63.1 Å². The minimum atomic E-state index is -4.36. The number of halogens is 4. The second-order valence-corrected chi connectivity index (χ2v) is 7.31. The maximum absolute atomic E-state index is 12.5. The van der Waals surface area contributed by atoms with Crippen molar-refractivity contribution in [3.05, 3.63) is 45.5 Å². The van der Waals surface area contributed by atoms with Gasteiger partial charge in [-0.2, -0.15) is 22.8 Å². The van der Waals surface area contributed by atoms with Gasteiger partial charge in [0.1, 0.15) is 0 Å². The van der Waals surface area contributed by atoms with E-state index in [1.165, 1.54) is 0 Å². The van der Waals surface area contributed by atoms with Crippen LogP contribution in [0.4, 0.5) is 13.2 Å². The van der Waals surface area contributed by atoms with Crippen molar-refractivity contribution in [2.24, 2.45) is 0 Å². The lowest BCUT2D eigenvalue weighted by Gasteiger charge is -2.07. The third-order valence-electron chi connectivity index (χ3n) is 3.55. The molecule has 0 atom stereocenters. The summed E-state index contributed by atoms with van der Waals surface area (Å²) < 4.78 is 38.5. The molecule has 1 N–H and O–H groups in total. The minimum Gasteiger partial charge on any atom is -0.285 e. The van der Waals surface area contributed by atoms with Crippen molar-refractivity contribution in [3.8, 4) is 11.1 Å². The van der Waals surface area contributed by atoms with Crippen LogP contribution in [0.15, 0.2) is 34.2 Å². The first-order chi connectivity index (χ1) is 12.2. The number of aromatic amines is 1. The predicted octanol–water partition coefficient (Wildman–Crippen LogP) is 4.52. The number of nitrogens with zero attached hydrogens (tertiary/aromatic N) is 3. The van der Waals surface area contributed by atoms with Crippen LogP contribution < -0.4 is 5.69 Å². The van der Waals surface area contributed by atoms with Crippen molar-refractivity contribution in [1.29, 1.82) is 0 Å². The first kappa shape index (κ1) is 18.8. The molecule has 3 rings (SSSR count). The normalized spacial score (nSPS) is 12.3. The van der Waals surface area contributed by atoms with Gasteiger partial charge in [-0.25, -0.2) is 9.78 Å². The van der Waals surface area contributed by atoms with E-state index in [1.807, 2.05) is 13.8 Å². The van der Waals surface area contributed by atoms with Crippen LogP contribution in [0.1, 0.15) is 25.5 Å². The van der Waals surface area contributed by atoms with Crippen LogP contribution >= 0.6 is 23.4 Å². The molecule has 10 heteroatoms. The van der Waals surface area contributed by atoms with E-state index in [-0.39, 0.29) is 16.7 Å². The van der Waals surface area contributed by atoms with E-state index in [4.69, 9.17) is 11.6 Å². The number of nitrogens with one attached hydrogen (secondary N) is 1. The Labute approximate surface area is 155 Å². The second kappa shape index (κ2) is 6.96. The van der Waals surface area contributed by atoms with Crippen LogP contribution in [-0.2, 0) is 0 Å². The Balaban J connectivity index is 2.20. The van der Waals surface area contributed by atoms with E-state index in [0.717, 1.165) is 10.1 Å². The maximum atomic E-state index is 12.5. The molecule has 0 aliphatic carbocycles. The molecule has 1 aromatic carbocycles. The number of hydrogen-bond donors (Lipinski definition) is 1. The molecular formula is C16H14ClF3N4OS. The molecule has 0 spiro atoms. The minimum absolute atomic E-state index is 0.0203. The Bertz CT molecular complexity index is 996. The van der Waals surface area contributed by atoms with E-state index in [9.17, 15) is 18.0 Å². The Morgan fingerprint density at radius 1 is 1.27 bits per heavy atom. The third kappa shape index (κ3) is 3.88. The van der Waals surface area contributed by atoms with Gasteiger partial charge in [0.05, 0.1) is 17.0 Å². The molecule has 26 heavy (non-hydrogen) atoms. The van der Waals surface area contributed by atoms with Gasteiger partial charge in [-0.1, -0.05) is 49.3 Å². The Morgan fingerprint density at radius 2 is 1.92 bits per heavy atom. The van der Waals surface area contributed by atoms with Crippen LogP contribution in [0, 0.1) is 0 Å². The quantitative estimate of drug-likeness (QED) is 0.652. The lowest BCUT2D eigenvalue weighted by molar-refractivity contribution is -0.105. The highest BCUT2D eigenvalue weighted by Crippen LogP contribution is 2.33. The van der Waals surface area contributed by atoms with Gasteiger partial charge < -0.3 is 0 Å². The van der Waals surface area contributed by atoms with Crippen molar-refractivity contribution < 1.29 is 13.2 Å². The van der Waals surface area contributed by atoms with Crippen LogP contribution in [-0.4, -0.2) is 31.5 Å². The van der Waals surface area contributed by atoms with E-state index >= 15 is 0 Å². The van der Waals surface area contributed by atoms with Gasteiger partial charge in [-0.15, -0.1) is 0 Å². The SMILES string of the molecule is CC(C)c1nn2c(=O)[nH]c(SCC(F)(F)F)nc2c1-c1ccc(Cl)cc1. The molecule has 0 aliphatic heterocycles. The summed E-state index contributed by atoms with van der Waals surface area (Å²) in [4.78, 5) is 18.8. The molecule has 0 saturated heterocycles. The number of thioether (sulfide) groups is 1. The summed E-state index contributed by atoms with van der Waals surface area (Å²) in [6.45, 7) is 3.82. The summed E-state index contributed by atoms with van der Waals surface area (Å²) >= 11 is 6.35. The van der Waals surface area contributed by atoms with Crippen molar-refractivity contribution in [1.82, 2.24) is 19.6 Å². The number of benzene rings is 1. The van der Waals surface area contributed by atoms with Gasteiger partial charge in [-0.05, 0) is 23.6 Å². The summed E-state index contributed by atoms with van der Waals surface area (Å²) in [5.74, 6) is -1.17. The predicted molar refractivity (Wildman–Crippen MR) is 94.9 cm³/mol. The van der Waals surface area contributed by atoms with E-state index in [0.29, 0.717) is 28.0 Å². The van der Waals surface area contributed by atoms with Crippen molar-refractivity contribution in [2.45, 2.75) is 31.1 Å². The van der Waals surface area contributed by atoms with Crippen LogP contribution in [0.5, 0.6) is 0 Å². The molecule has 3 aromatic rings. The Morgan fingerprint density at radius 3 is 2.50 bits per heavy atom. The molecule has 0 unspecified atom stereocenters. The van der Waals surface area contributed by atoms with Crippen molar-refractivity contribution in [3.63, 3.8) is 0 Å². The molecule has 0 radical (unpaired) electrons. The van der Waals surface area contributed by atoms with Gasteiger partial charge in [0.2, 0.25) is 0 Å². The van der Waals surface area contributed by atoms with E-state index in [2.05, 4.69) is 15.1 Å². The summed E-state index contributed by atoms with van der Waals surface area (Å²) in [5, 5.41) is 4.75. The molecule has 0 saturated carbocycles. The first-order valence-corrected chi connectivity index (χ1v) is 9.00. The molecule has 0 bridgehead atoms. The fourth-order valence-electron chi connectivity index (χ4n) is 2.46. The van der Waals surface area contributed by atoms with E-state index in [1.54, 1.807) is 24.3 Å². The maximum Gasteiger partial charge on any atom is 0.398 e. The van der Waals surface area contributed by atoms with E-state index < -0.39 is 17.6 Å². The fraction of sp³-hybridized carbons (Fsp3) is 0.312. The zero-order valence-corrected chi connectivity index (χ0v) is 15.3. The lowest BCUT2D eigenvalue weighted by atomic mass is 10.00. The van der Waals surface area contributed by atoms with Crippen LogP contribution in [0.2, 0.25) is 5.02 Å². The van der Waals surface area contributed by atoms with Gasteiger partial charge in [0, 0.05) is 5.02 Å². The Hall–Kier alpha value is -2.00. The van der Waals surface area contributed by atoms with Crippen LogP contribution in [0.3, 0.4) is 0 Å².